The Kier molecular flexibility index (Phi) is 5.41. The molecule has 0 spiro atoms. The van der Waals surface area contributed by atoms with Crippen LogP contribution in [0.15, 0.2) is 24.3 Å². The summed E-state index contributed by atoms with van der Waals surface area (Å²) in [4.78, 5) is 0. The van der Waals surface area contributed by atoms with Crippen molar-refractivity contribution in [1.29, 1.82) is 0 Å². The largest absolute Gasteiger partial charge is 0.307 e. The lowest BCUT2D eigenvalue weighted by molar-refractivity contribution is 0.278. The molecule has 21 heavy (non-hydrogen) atoms. The summed E-state index contributed by atoms with van der Waals surface area (Å²) in [6.07, 6.45) is 4.11. The first-order valence-electron chi connectivity index (χ1n) is 7.70. The van der Waals surface area contributed by atoms with Crippen molar-refractivity contribution in [2.45, 2.75) is 45.2 Å². The molecule has 1 heterocycles. The zero-order valence-corrected chi connectivity index (χ0v) is 14.0. The Hall–Kier alpha value is -0.910. The summed E-state index contributed by atoms with van der Waals surface area (Å²) < 4.78 is 24.6. The summed E-state index contributed by atoms with van der Waals surface area (Å²) in [7, 11) is -3.03. The molecule has 0 aliphatic carbocycles. The Morgan fingerprint density at radius 3 is 2.29 bits per heavy atom. The average Bonchev–Trinajstić information content (AvgIpc) is 2.47. The van der Waals surface area contributed by atoms with Crippen LogP contribution in [0, 0.1) is 0 Å². The van der Waals surface area contributed by atoms with E-state index < -0.39 is 10.0 Å². The van der Waals surface area contributed by atoms with Crippen LogP contribution in [0.3, 0.4) is 0 Å². The monoisotopic (exact) mass is 310 g/mol. The van der Waals surface area contributed by atoms with E-state index in [0.717, 1.165) is 19.3 Å². The quantitative estimate of drug-likeness (QED) is 0.908. The second-order valence-corrected chi connectivity index (χ2v) is 7.90. The van der Waals surface area contributed by atoms with E-state index in [4.69, 9.17) is 0 Å². The van der Waals surface area contributed by atoms with Gasteiger partial charge in [0, 0.05) is 25.2 Å². The van der Waals surface area contributed by atoms with E-state index in [1.807, 2.05) is 0 Å². The highest BCUT2D eigenvalue weighted by molar-refractivity contribution is 7.88. The van der Waals surface area contributed by atoms with Crippen molar-refractivity contribution in [2.75, 3.05) is 19.3 Å². The van der Waals surface area contributed by atoms with E-state index in [0.29, 0.717) is 25.2 Å². The second kappa shape index (κ2) is 6.90. The van der Waals surface area contributed by atoms with Crippen LogP contribution in [0.1, 0.15) is 43.9 Å². The molecule has 4 nitrogen and oxygen atoms in total. The average molecular weight is 310 g/mol. The summed E-state index contributed by atoms with van der Waals surface area (Å²) in [6.45, 7) is 5.58. The number of piperidine rings is 1. The number of hydrogen-bond acceptors (Lipinski definition) is 3. The van der Waals surface area contributed by atoms with Crippen molar-refractivity contribution >= 4 is 10.0 Å². The van der Waals surface area contributed by atoms with Gasteiger partial charge in [0.2, 0.25) is 10.0 Å². The zero-order chi connectivity index (χ0) is 15.5. The molecule has 1 aromatic rings. The molecule has 0 saturated carbocycles. The number of hydrogen-bond donors (Lipinski definition) is 1. The van der Waals surface area contributed by atoms with Crippen LogP contribution in [0.4, 0.5) is 0 Å². The third kappa shape index (κ3) is 4.53. The highest BCUT2D eigenvalue weighted by Crippen LogP contribution is 2.19. The SMILES string of the molecule is CCc1ccc(C(C)NC2CCN(S(C)(=O)=O)CC2)cc1. The molecule has 0 radical (unpaired) electrons. The molecule has 0 bridgehead atoms. The molecule has 2 rings (SSSR count). The Balaban J connectivity index is 1.87. The van der Waals surface area contributed by atoms with Crippen LogP contribution in [0.25, 0.3) is 0 Å². The van der Waals surface area contributed by atoms with Gasteiger partial charge < -0.3 is 5.32 Å². The van der Waals surface area contributed by atoms with Crippen molar-refractivity contribution in [3.63, 3.8) is 0 Å². The number of aryl methyl sites for hydroxylation is 1. The molecule has 0 amide bonds. The van der Waals surface area contributed by atoms with Crippen molar-refractivity contribution in [2.24, 2.45) is 0 Å². The fourth-order valence-corrected chi connectivity index (χ4v) is 3.72. The highest BCUT2D eigenvalue weighted by atomic mass is 32.2. The van der Waals surface area contributed by atoms with Crippen molar-refractivity contribution in [1.82, 2.24) is 9.62 Å². The second-order valence-electron chi connectivity index (χ2n) is 5.92. The smallest absolute Gasteiger partial charge is 0.211 e. The standard InChI is InChI=1S/C16H26N2O2S/c1-4-14-5-7-15(8-6-14)13(2)17-16-9-11-18(12-10-16)21(3,19)20/h5-8,13,16-17H,4,9-12H2,1-3H3. The van der Waals surface area contributed by atoms with Gasteiger partial charge in [-0.15, -0.1) is 0 Å². The fourth-order valence-electron chi connectivity index (χ4n) is 2.85. The lowest BCUT2D eigenvalue weighted by Gasteiger charge is -2.32. The van der Waals surface area contributed by atoms with Gasteiger partial charge in [-0.05, 0) is 37.3 Å². The van der Waals surface area contributed by atoms with E-state index in [1.54, 1.807) is 4.31 Å². The summed E-state index contributed by atoms with van der Waals surface area (Å²) >= 11 is 0. The van der Waals surface area contributed by atoms with Gasteiger partial charge in [-0.2, -0.15) is 0 Å². The van der Waals surface area contributed by atoms with Gasteiger partial charge in [-0.3, -0.25) is 0 Å². The fraction of sp³-hybridized carbons (Fsp3) is 0.625. The van der Waals surface area contributed by atoms with Crippen molar-refractivity contribution in [3.8, 4) is 0 Å². The number of rotatable bonds is 5. The zero-order valence-electron chi connectivity index (χ0n) is 13.2. The van der Waals surface area contributed by atoms with Crippen LogP contribution < -0.4 is 5.32 Å². The molecule has 1 fully saturated rings. The van der Waals surface area contributed by atoms with E-state index in [2.05, 4.69) is 43.4 Å². The lowest BCUT2D eigenvalue weighted by Crippen LogP contribution is -2.45. The van der Waals surface area contributed by atoms with Crippen LogP contribution >= 0.6 is 0 Å². The van der Waals surface area contributed by atoms with Gasteiger partial charge in [0.25, 0.3) is 0 Å². The van der Waals surface area contributed by atoms with Gasteiger partial charge in [0.15, 0.2) is 0 Å². The molecule has 1 aromatic carbocycles. The van der Waals surface area contributed by atoms with E-state index in [-0.39, 0.29) is 0 Å². The first-order valence-corrected chi connectivity index (χ1v) is 9.55. The predicted molar refractivity (Wildman–Crippen MR) is 86.8 cm³/mol. The number of sulfonamides is 1. The van der Waals surface area contributed by atoms with E-state index >= 15 is 0 Å². The summed E-state index contributed by atoms with van der Waals surface area (Å²) in [5.74, 6) is 0. The Bertz CT molecular complexity index is 546. The minimum absolute atomic E-state index is 0.297. The number of nitrogens with zero attached hydrogens (tertiary/aromatic N) is 1. The Morgan fingerprint density at radius 1 is 1.24 bits per heavy atom. The van der Waals surface area contributed by atoms with Gasteiger partial charge >= 0.3 is 0 Å². The van der Waals surface area contributed by atoms with Gasteiger partial charge in [-0.25, -0.2) is 12.7 Å². The first kappa shape index (κ1) is 16.5. The van der Waals surface area contributed by atoms with Crippen LogP contribution in [-0.4, -0.2) is 38.1 Å². The maximum atomic E-state index is 11.5. The molecular weight excluding hydrogens is 284 g/mol. The Labute approximate surface area is 128 Å². The van der Waals surface area contributed by atoms with Gasteiger partial charge in [0.1, 0.15) is 0 Å². The highest BCUT2D eigenvalue weighted by Gasteiger charge is 2.25. The molecular formula is C16H26N2O2S. The lowest BCUT2D eigenvalue weighted by atomic mass is 10.0. The molecule has 1 saturated heterocycles. The molecule has 118 valence electrons. The summed E-state index contributed by atoms with van der Waals surface area (Å²) in [5.41, 5.74) is 2.64. The summed E-state index contributed by atoms with van der Waals surface area (Å²) in [6, 6.07) is 9.42. The van der Waals surface area contributed by atoms with E-state index in [9.17, 15) is 8.42 Å². The number of nitrogens with one attached hydrogen (secondary N) is 1. The third-order valence-corrected chi connectivity index (χ3v) is 5.60. The predicted octanol–water partition coefficient (Wildman–Crippen LogP) is 2.32. The Morgan fingerprint density at radius 2 is 1.81 bits per heavy atom. The molecule has 1 N–H and O–H groups in total. The van der Waals surface area contributed by atoms with Crippen LogP contribution in [0.5, 0.6) is 0 Å². The third-order valence-electron chi connectivity index (χ3n) is 4.30. The van der Waals surface area contributed by atoms with Crippen LogP contribution in [-0.2, 0) is 16.4 Å². The van der Waals surface area contributed by atoms with Crippen molar-refractivity contribution in [3.05, 3.63) is 35.4 Å². The minimum atomic E-state index is -3.03. The topological polar surface area (TPSA) is 49.4 Å². The van der Waals surface area contributed by atoms with Crippen molar-refractivity contribution < 1.29 is 8.42 Å². The molecule has 1 aliphatic heterocycles. The molecule has 1 unspecified atom stereocenters. The maximum Gasteiger partial charge on any atom is 0.211 e. The minimum Gasteiger partial charge on any atom is -0.307 e. The molecule has 5 heteroatoms. The summed E-state index contributed by atoms with van der Waals surface area (Å²) in [5, 5.41) is 3.62. The molecule has 1 aliphatic rings. The normalized spacial score (nSPS) is 19.6. The van der Waals surface area contributed by atoms with Gasteiger partial charge in [-0.1, -0.05) is 31.2 Å². The van der Waals surface area contributed by atoms with Crippen LogP contribution in [0.2, 0.25) is 0 Å². The molecule has 0 aromatic heterocycles. The maximum absolute atomic E-state index is 11.5. The van der Waals surface area contributed by atoms with Gasteiger partial charge in [0.05, 0.1) is 6.26 Å². The van der Waals surface area contributed by atoms with E-state index in [1.165, 1.54) is 17.4 Å². The number of benzene rings is 1. The molecule has 1 atom stereocenters. The first-order chi connectivity index (χ1) is 9.90.